The third-order valence-electron chi connectivity index (χ3n) is 3.34. The molecule has 1 heterocycles. The highest BCUT2D eigenvalue weighted by atomic mass is 16.4. The van der Waals surface area contributed by atoms with Gasteiger partial charge in [-0.05, 0) is 37.5 Å². The molecular weight excluding hydrogens is 192 g/mol. The second-order valence-electron chi connectivity index (χ2n) is 4.11. The van der Waals surface area contributed by atoms with Gasteiger partial charge in [0.15, 0.2) is 0 Å². The van der Waals surface area contributed by atoms with E-state index >= 15 is 0 Å². The Balaban J connectivity index is 2.88. The lowest BCUT2D eigenvalue weighted by Gasteiger charge is -2.10. The van der Waals surface area contributed by atoms with Gasteiger partial charge in [-0.3, -0.25) is 0 Å². The lowest BCUT2D eigenvalue weighted by Crippen LogP contribution is -2.11. The topological polar surface area (TPSA) is 50.4 Å². The fraction of sp³-hybridized carbons (Fsp3) is 0.417. The van der Waals surface area contributed by atoms with E-state index < -0.39 is 5.63 Å². The van der Waals surface area contributed by atoms with Crippen molar-refractivity contribution >= 4 is 5.76 Å². The van der Waals surface area contributed by atoms with Crippen molar-refractivity contribution in [2.45, 2.75) is 33.6 Å². The maximum Gasteiger partial charge on any atom is 0.347 e. The van der Waals surface area contributed by atoms with Crippen molar-refractivity contribution in [1.82, 2.24) is 0 Å². The zero-order chi connectivity index (χ0) is 11.3. The minimum Gasteiger partial charge on any atom is -0.507 e. The first kappa shape index (κ1) is 10.0. The molecule has 2 rings (SSSR count). The van der Waals surface area contributed by atoms with Crippen LogP contribution in [0.15, 0.2) is 14.8 Å². The lowest BCUT2D eigenvalue weighted by atomic mass is 9.95. The lowest BCUT2D eigenvalue weighted by molar-refractivity contribution is 0.458. The molecule has 3 nitrogen and oxygen atoms in total. The van der Waals surface area contributed by atoms with E-state index in [1.54, 1.807) is 6.92 Å². The van der Waals surface area contributed by atoms with E-state index in [9.17, 15) is 9.90 Å². The van der Waals surface area contributed by atoms with Crippen LogP contribution in [0.4, 0.5) is 0 Å². The van der Waals surface area contributed by atoms with E-state index in [0.29, 0.717) is 11.3 Å². The normalized spacial score (nSPS) is 19.6. The molecule has 0 radical (unpaired) electrons. The van der Waals surface area contributed by atoms with Crippen LogP contribution in [0, 0.1) is 13.8 Å². The van der Waals surface area contributed by atoms with Gasteiger partial charge in [0.1, 0.15) is 17.1 Å². The van der Waals surface area contributed by atoms with Crippen LogP contribution >= 0.6 is 0 Å². The molecule has 15 heavy (non-hydrogen) atoms. The number of rotatable bonds is 0. The van der Waals surface area contributed by atoms with Crippen molar-refractivity contribution in [3.8, 4) is 0 Å². The van der Waals surface area contributed by atoms with Gasteiger partial charge in [-0.2, -0.15) is 0 Å². The molecule has 0 fully saturated rings. The largest absolute Gasteiger partial charge is 0.507 e. The van der Waals surface area contributed by atoms with Gasteiger partial charge in [-0.25, -0.2) is 4.79 Å². The minimum absolute atomic E-state index is 0.0920. The molecule has 1 aliphatic rings. The summed E-state index contributed by atoms with van der Waals surface area (Å²) in [5, 5.41) is 9.84. The fourth-order valence-electron chi connectivity index (χ4n) is 2.14. The summed E-state index contributed by atoms with van der Waals surface area (Å²) in [7, 11) is 0. The Hall–Kier alpha value is -1.51. The predicted octanol–water partition coefficient (Wildman–Crippen LogP) is 2.66. The van der Waals surface area contributed by atoms with Gasteiger partial charge in [0.2, 0.25) is 0 Å². The van der Waals surface area contributed by atoms with E-state index in [-0.39, 0.29) is 11.7 Å². The molecule has 80 valence electrons. The molecule has 3 heteroatoms. The van der Waals surface area contributed by atoms with Gasteiger partial charge >= 0.3 is 5.63 Å². The molecule has 0 bridgehead atoms. The Morgan fingerprint density at radius 2 is 1.87 bits per heavy atom. The van der Waals surface area contributed by atoms with Gasteiger partial charge in [-0.1, -0.05) is 6.92 Å². The zero-order valence-corrected chi connectivity index (χ0v) is 9.34. The summed E-state index contributed by atoms with van der Waals surface area (Å²) in [6.45, 7) is 7.52. The number of fused-ring (bicyclic) bond motifs is 1. The summed E-state index contributed by atoms with van der Waals surface area (Å²) in [6.07, 6.45) is 0. The molecule has 0 aromatic carbocycles. The molecule has 1 atom stereocenters. The first-order valence-corrected chi connectivity index (χ1v) is 4.99. The smallest absolute Gasteiger partial charge is 0.347 e. The van der Waals surface area contributed by atoms with E-state index in [0.717, 1.165) is 16.7 Å². The molecule has 1 aromatic heterocycles. The van der Waals surface area contributed by atoms with Crippen LogP contribution in [0.3, 0.4) is 0 Å². The van der Waals surface area contributed by atoms with E-state index in [4.69, 9.17) is 4.42 Å². The molecule has 0 aliphatic heterocycles. The van der Waals surface area contributed by atoms with Gasteiger partial charge in [-0.15, -0.1) is 0 Å². The third-order valence-corrected chi connectivity index (χ3v) is 3.34. The van der Waals surface area contributed by atoms with E-state index in [1.807, 2.05) is 20.8 Å². The number of aliphatic hydroxyl groups excluding tert-OH is 1. The van der Waals surface area contributed by atoms with Crippen molar-refractivity contribution < 1.29 is 9.52 Å². The number of aliphatic hydroxyl groups is 1. The molecule has 1 N–H and O–H groups in total. The monoisotopic (exact) mass is 206 g/mol. The maximum atomic E-state index is 11.6. The van der Waals surface area contributed by atoms with E-state index in [1.165, 1.54) is 0 Å². The average Bonchev–Trinajstić information content (AvgIpc) is 2.40. The highest BCUT2D eigenvalue weighted by molar-refractivity contribution is 5.73. The summed E-state index contributed by atoms with van der Waals surface area (Å²) >= 11 is 0. The Morgan fingerprint density at radius 1 is 1.27 bits per heavy atom. The fourth-order valence-corrected chi connectivity index (χ4v) is 2.14. The van der Waals surface area contributed by atoms with Crippen molar-refractivity contribution in [2.24, 2.45) is 0 Å². The molecule has 1 aliphatic carbocycles. The SMILES string of the molecule is CC1=C(O)c2c(c(C)c(C)oc2=O)C1C. The van der Waals surface area contributed by atoms with Gasteiger partial charge in [0.25, 0.3) is 0 Å². The summed E-state index contributed by atoms with van der Waals surface area (Å²) in [6, 6.07) is 0. The number of aryl methyl sites for hydroxylation is 1. The van der Waals surface area contributed by atoms with Crippen molar-refractivity contribution in [1.29, 1.82) is 0 Å². The number of hydrogen-bond acceptors (Lipinski definition) is 3. The Labute approximate surface area is 88.1 Å². The standard InChI is InChI=1S/C12H14O3/c1-5-6(2)11(13)10-9(5)7(3)8(4)15-12(10)14/h5,13H,1-4H3. The zero-order valence-electron chi connectivity index (χ0n) is 9.34. The van der Waals surface area contributed by atoms with Crippen LogP contribution in [-0.4, -0.2) is 5.11 Å². The van der Waals surface area contributed by atoms with Crippen LogP contribution in [0.1, 0.15) is 42.2 Å². The van der Waals surface area contributed by atoms with Crippen molar-refractivity contribution in [3.63, 3.8) is 0 Å². The van der Waals surface area contributed by atoms with Gasteiger partial charge in [0.05, 0.1) is 0 Å². The Kier molecular flexibility index (Phi) is 2.00. The predicted molar refractivity (Wildman–Crippen MR) is 58.1 cm³/mol. The van der Waals surface area contributed by atoms with Crippen LogP contribution in [-0.2, 0) is 0 Å². The van der Waals surface area contributed by atoms with Crippen molar-refractivity contribution in [2.75, 3.05) is 0 Å². The summed E-state index contributed by atoms with van der Waals surface area (Å²) in [5.74, 6) is 0.824. The minimum atomic E-state index is -0.436. The molecule has 0 amide bonds. The average molecular weight is 206 g/mol. The van der Waals surface area contributed by atoms with Crippen LogP contribution in [0.2, 0.25) is 0 Å². The highest BCUT2D eigenvalue weighted by Crippen LogP contribution is 2.40. The molecule has 0 saturated heterocycles. The molecule has 0 saturated carbocycles. The molecule has 1 aromatic rings. The summed E-state index contributed by atoms with van der Waals surface area (Å²) < 4.78 is 5.07. The second-order valence-corrected chi connectivity index (χ2v) is 4.11. The highest BCUT2D eigenvalue weighted by Gasteiger charge is 2.31. The van der Waals surface area contributed by atoms with E-state index in [2.05, 4.69) is 0 Å². The van der Waals surface area contributed by atoms with Gasteiger partial charge in [0, 0.05) is 5.92 Å². The Bertz CT molecular complexity index is 520. The van der Waals surface area contributed by atoms with Crippen LogP contribution in [0.25, 0.3) is 5.76 Å². The molecule has 1 unspecified atom stereocenters. The maximum absolute atomic E-state index is 11.6. The quantitative estimate of drug-likeness (QED) is 0.710. The first-order valence-electron chi connectivity index (χ1n) is 4.99. The summed E-state index contributed by atoms with van der Waals surface area (Å²) in [5.41, 5.74) is 2.63. The number of hydrogen-bond donors (Lipinski definition) is 1. The molecular formula is C12H14O3. The molecule has 0 spiro atoms. The van der Waals surface area contributed by atoms with Crippen LogP contribution < -0.4 is 5.63 Å². The third kappa shape index (κ3) is 1.16. The number of allylic oxidation sites excluding steroid dienone is 1. The van der Waals surface area contributed by atoms with Crippen molar-refractivity contribution in [3.05, 3.63) is 38.4 Å². The first-order chi connectivity index (χ1) is 6.95. The van der Waals surface area contributed by atoms with Gasteiger partial charge < -0.3 is 9.52 Å². The second kappa shape index (κ2) is 2.99. The van der Waals surface area contributed by atoms with Crippen LogP contribution in [0.5, 0.6) is 0 Å². The summed E-state index contributed by atoms with van der Waals surface area (Å²) in [4.78, 5) is 11.6. The Morgan fingerprint density at radius 3 is 2.47 bits per heavy atom.